The van der Waals surface area contributed by atoms with Crippen LogP contribution in [0.5, 0.6) is 5.88 Å². The van der Waals surface area contributed by atoms with Gasteiger partial charge in [0, 0.05) is 18.2 Å². The molecule has 1 heterocycles. The van der Waals surface area contributed by atoms with Crippen LogP contribution < -0.4 is 10.5 Å². The molecule has 5 nitrogen and oxygen atoms in total. The summed E-state index contributed by atoms with van der Waals surface area (Å²) in [6.45, 7) is 3.25. The van der Waals surface area contributed by atoms with Crippen molar-refractivity contribution in [2.24, 2.45) is 0 Å². The lowest BCUT2D eigenvalue weighted by Gasteiger charge is -2.11. The molecule has 0 amide bonds. The van der Waals surface area contributed by atoms with Crippen LogP contribution in [-0.4, -0.2) is 15.7 Å². The Bertz CT molecular complexity index is 1230. The number of halogens is 1. The summed E-state index contributed by atoms with van der Waals surface area (Å²) >= 11 is 0. The zero-order chi connectivity index (χ0) is 21.3. The lowest BCUT2D eigenvalue weighted by molar-refractivity contribution is -0.132. The molecule has 4 rings (SSSR count). The minimum atomic E-state index is -0.499. The van der Waals surface area contributed by atoms with Crippen LogP contribution in [0.15, 0.2) is 72.8 Å². The summed E-state index contributed by atoms with van der Waals surface area (Å²) in [4.78, 5) is 12.0. The number of hydrogen-bond acceptors (Lipinski definition) is 4. The average Bonchev–Trinajstić information content (AvgIpc) is 3.07. The largest absolute Gasteiger partial charge is 0.407 e. The first-order valence-electron chi connectivity index (χ1n) is 9.44. The van der Waals surface area contributed by atoms with Gasteiger partial charge < -0.3 is 10.5 Å². The van der Waals surface area contributed by atoms with Crippen LogP contribution in [-0.2, 0) is 4.79 Å². The Morgan fingerprint density at radius 2 is 1.67 bits per heavy atom. The molecule has 3 aromatic carbocycles. The second-order valence-electron chi connectivity index (χ2n) is 6.92. The summed E-state index contributed by atoms with van der Waals surface area (Å²) in [6, 6.07) is 21.0. The Morgan fingerprint density at radius 3 is 2.33 bits per heavy atom. The van der Waals surface area contributed by atoms with Gasteiger partial charge in [0.05, 0.1) is 11.3 Å². The van der Waals surface area contributed by atoms with Crippen LogP contribution >= 0.6 is 0 Å². The number of nitrogen functional groups attached to an aromatic ring is 1. The van der Waals surface area contributed by atoms with E-state index in [1.807, 2.05) is 31.2 Å². The number of carbonyl (C=O) groups is 1. The third-order valence-corrected chi connectivity index (χ3v) is 4.76. The lowest BCUT2D eigenvalue weighted by atomic mass is 10.0. The molecule has 1 aromatic heterocycles. The zero-order valence-corrected chi connectivity index (χ0v) is 16.6. The third-order valence-electron chi connectivity index (χ3n) is 4.76. The molecule has 2 N–H and O–H groups in total. The Balaban J connectivity index is 2.09. The number of para-hydroxylation sites is 1. The Hall–Kier alpha value is -3.93. The SMILES string of the molecule is CC(=O)Oc1c(-c2ccc(N)cc2)c(-c2ccccc2F)nn1-c1ccccc1C. The summed E-state index contributed by atoms with van der Waals surface area (Å²) in [7, 11) is 0. The quantitative estimate of drug-likeness (QED) is 0.379. The van der Waals surface area contributed by atoms with E-state index in [4.69, 9.17) is 15.6 Å². The third kappa shape index (κ3) is 3.55. The minimum Gasteiger partial charge on any atom is -0.407 e. The highest BCUT2D eigenvalue weighted by Gasteiger charge is 2.26. The van der Waals surface area contributed by atoms with E-state index >= 15 is 0 Å². The van der Waals surface area contributed by atoms with Crippen LogP contribution in [0.1, 0.15) is 12.5 Å². The van der Waals surface area contributed by atoms with Gasteiger partial charge in [0.15, 0.2) is 0 Å². The van der Waals surface area contributed by atoms with E-state index in [9.17, 15) is 9.18 Å². The van der Waals surface area contributed by atoms with Crippen molar-refractivity contribution in [3.8, 4) is 34.0 Å². The maximum atomic E-state index is 14.7. The van der Waals surface area contributed by atoms with Crippen molar-refractivity contribution in [3.05, 3.63) is 84.2 Å². The molecule has 4 aromatic rings. The molecule has 150 valence electrons. The maximum Gasteiger partial charge on any atom is 0.309 e. The fraction of sp³-hybridized carbons (Fsp3) is 0.0833. The summed E-state index contributed by atoms with van der Waals surface area (Å²) in [5, 5.41) is 4.69. The molecule has 0 saturated heterocycles. The van der Waals surface area contributed by atoms with Crippen molar-refractivity contribution >= 4 is 11.7 Å². The predicted molar refractivity (Wildman–Crippen MR) is 115 cm³/mol. The molecule has 0 radical (unpaired) electrons. The lowest BCUT2D eigenvalue weighted by Crippen LogP contribution is -2.09. The first-order valence-corrected chi connectivity index (χ1v) is 9.44. The normalized spacial score (nSPS) is 10.8. The molecular weight excluding hydrogens is 381 g/mol. The molecule has 0 atom stereocenters. The first kappa shape index (κ1) is 19.4. The number of nitrogens with two attached hydrogens (primary N) is 1. The van der Waals surface area contributed by atoms with Crippen LogP contribution in [0.25, 0.3) is 28.1 Å². The highest BCUT2D eigenvalue weighted by Crippen LogP contribution is 2.42. The molecule has 0 aliphatic carbocycles. The number of anilines is 1. The van der Waals surface area contributed by atoms with E-state index in [1.165, 1.54) is 13.0 Å². The molecule has 0 spiro atoms. The van der Waals surface area contributed by atoms with Gasteiger partial charge in [-0.15, -0.1) is 0 Å². The second-order valence-corrected chi connectivity index (χ2v) is 6.92. The number of aryl methyl sites for hydroxylation is 1. The number of carbonyl (C=O) groups excluding carboxylic acids is 1. The van der Waals surface area contributed by atoms with Crippen LogP contribution in [0.2, 0.25) is 0 Å². The molecule has 30 heavy (non-hydrogen) atoms. The molecule has 0 fully saturated rings. The number of ether oxygens (including phenoxy) is 1. The fourth-order valence-electron chi connectivity index (χ4n) is 3.35. The molecule has 0 aliphatic heterocycles. The van der Waals surface area contributed by atoms with Gasteiger partial charge in [0.1, 0.15) is 11.5 Å². The number of nitrogens with zero attached hydrogens (tertiary/aromatic N) is 2. The molecule has 0 bridgehead atoms. The summed E-state index contributed by atoms with van der Waals surface area (Å²) in [6.07, 6.45) is 0. The van der Waals surface area contributed by atoms with Crippen molar-refractivity contribution < 1.29 is 13.9 Å². The van der Waals surface area contributed by atoms with E-state index in [0.717, 1.165) is 11.3 Å². The van der Waals surface area contributed by atoms with Gasteiger partial charge in [-0.3, -0.25) is 4.79 Å². The molecule has 0 aliphatic rings. The number of benzene rings is 3. The van der Waals surface area contributed by atoms with E-state index in [0.29, 0.717) is 28.1 Å². The zero-order valence-electron chi connectivity index (χ0n) is 16.6. The summed E-state index contributed by atoms with van der Waals surface area (Å²) in [5.41, 5.74) is 10.00. The van der Waals surface area contributed by atoms with E-state index in [1.54, 1.807) is 47.1 Å². The first-order chi connectivity index (χ1) is 14.5. The number of rotatable bonds is 4. The van der Waals surface area contributed by atoms with Crippen molar-refractivity contribution in [2.75, 3.05) is 5.73 Å². The smallest absolute Gasteiger partial charge is 0.309 e. The number of hydrogen-bond donors (Lipinski definition) is 1. The van der Waals surface area contributed by atoms with Gasteiger partial charge in [-0.1, -0.05) is 42.5 Å². The molecule has 0 unspecified atom stereocenters. The fourth-order valence-corrected chi connectivity index (χ4v) is 3.35. The van der Waals surface area contributed by atoms with Crippen molar-refractivity contribution in [1.82, 2.24) is 9.78 Å². The van der Waals surface area contributed by atoms with Crippen molar-refractivity contribution in [3.63, 3.8) is 0 Å². The van der Waals surface area contributed by atoms with Gasteiger partial charge in [-0.05, 0) is 48.4 Å². The maximum absolute atomic E-state index is 14.7. The summed E-state index contributed by atoms with van der Waals surface area (Å²) in [5.74, 6) is -0.695. The second kappa shape index (κ2) is 7.83. The van der Waals surface area contributed by atoms with Crippen LogP contribution in [0.3, 0.4) is 0 Å². The molecule has 6 heteroatoms. The van der Waals surface area contributed by atoms with Crippen molar-refractivity contribution in [2.45, 2.75) is 13.8 Å². The monoisotopic (exact) mass is 401 g/mol. The topological polar surface area (TPSA) is 70.1 Å². The van der Waals surface area contributed by atoms with E-state index < -0.39 is 11.8 Å². The Kier molecular flexibility index (Phi) is 5.06. The predicted octanol–water partition coefficient (Wildman–Crippen LogP) is 5.16. The number of esters is 1. The van der Waals surface area contributed by atoms with Gasteiger partial charge >= 0.3 is 5.97 Å². The van der Waals surface area contributed by atoms with Crippen LogP contribution in [0, 0.1) is 12.7 Å². The van der Waals surface area contributed by atoms with Gasteiger partial charge in [-0.25, -0.2) is 4.39 Å². The molecule has 0 saturated carbocycles. The van der Waals surface area contributed by atoms with Gasteiger partial charge in [0.25, 0.3) is 0 Å². The van der Waals surface area contributed by atoms with Crippen molar-refractivity contribution in [1.29, 1.82) is 0 Å². The van der Waals surface area contributed by atoms with Gasteiger partial charge in [0.2, 0.25) is 5.88 Å². The van der Waals surface area contributed by atoms with E-state index in [-0.39, 0.29) is 5.88 Å². The minimum absolute atomic E-state index is 0.222. The molecular formula is C24H20FN3O2. The van der Waals surface area contributed by atoms with Gasteiger partial charge in [-0.2, -0.15) is 9.78 Å². The average molecular weight is 401 g/mol. The van der Waals surface area contributed by atoms with E-state index in [2.05, 4.69) is 0 Å². The highest BCUT2D eigenvalue weighted by atomic mass is 19.1. The van der Waals surface area contributed by atoms with Crippen LogP contribution in [0.4, 0.5) is 10.1 Å². The highest BCUT2D eigenvalue weighted by molar-refractivity contribution is 5.87. The number of aromatic nitrogens is 2. The summed E-state index contributed by atoms with van der Waals surface area (Å²) < 4.78 is 21.9. The standard InChI is InChI=1S/C24H20FN3O2/c1-15-7-3-6-10-21(15)28-24(30-16(2)29)22(17-11-13-18(26)14-12-17)23(27-28)19-8-4-5-9-20(19)25/h3-14H,26H2,1-2H3. The Morgan fingerprint density at radius 1 is 1.00 bits per heavy atom. The Labute approximate surface area is 173 Å².